The summed E-state index contributed by atoms with van der Waals surface area (Å²) in [4.78, 5) is 8.04. The Kier molecular flexibility index (Phi) is 3.96. The minimum Gasteiger partial charge on any atom is -0.472 e. The SMILES string of the molecule is Cc1c(NN)ncnc1OCc1ccc(Cl)cc1. The van der Waals surface area contributed by atoms with Gasteiger partial charge in [-0.25, -0.2) is 15.8 Å². The first-order valence-corrected chi connectivity index (χ1v) is 5.74. The fourth-order valence-electron chi connectivity index (χ4n) is 1.46. The van der Waals surface area contributed by atoms with Crippen molar-refractivity contribution in [3.63, 3.8) is 0 Å². The lowest BCUT2D eigenvalue weighted by molar-refractivity contribution is 0.291. The molecule has 1 aromatic heterocycles. The number of hydrogen-bond donors (Lipinski definition) is 2. The molecule has 1 aromatic carbocycles. The van der Waals surface area contributed by atoms with Crippen LogP contribution in [0.15, 0.2) is 30.6 Å². The van der Waals surface area contributed by atoms with Crippen LogP contribution in [0, 0.1) is 6.92 Å². The largest absolute Gasteiger partial charge is 0.472 e. The zero-order chi connectivity index (χ0) is 13.0. The Hall–Kier alpha value is -1.85. The topological polar surface area (TPSA) is 73.1 Å². The van der Waals surface area contributed by atoms with E-state index in [2.05, 4.69) is 15.4 Å². The van der Waals surface area contributed by atoms with Gasteiger partial charge in [0.1, 0.15) is 18.8 Å². The van der Waals surface area contributed by atoms with Crippen molar-refractivity contribution < 1.29 is 4.74 Å². The van der Waals surface area contributed by atoms with E-state index in [-0.39, 0.29) is 0 Å². The number of aromatic nitrogens is 2. The first kappa shape index (κ1) is 12.6. The van der Waals surface area contributed by atoms with E-state index in [1.165, 1.54) is 6.33 Å². The van der Waals surface area contributed by atoms with Crippen molar-refractivity contribution in [2.75, 3.05) is 5.43 Å². The summed E-state index contributed by atoms with van der Waals surface area (Å²) in [5.41, 5.74) is 4.28. The van der Waals surface area contributed by atoms with Crippen LogP contribution in [0.4, 0.5) is 5.82 Å². The van der Waals surface area contributed by atoms with Crippen LogP contribution >= 0.6 is 11.6 Å². The number of anilines is 1. The van der Waals surface area contributed by atoms with Gasteiger partial charge in [-0.05, 0) is 24.6 Å². The highest BCUT2D eigenvalue weighted by molar-refractivity contribution is 6.30. The third-order valence-corrected chi connectivity index (χ3v) is 2.72. The van der Waals surface area contributed by atoms with Gasteiger partial charge >= 0.3 is 0 Å². The van der Waals surface area contributed by atoms with E-state index in [9.17, 15) is 0 Å². The van der Waals surface area contributed by atoms with Crippen LogP contribution in [0.5, 0.6) is 5.88 Å². The first-order chi connectivity index (χ1) is 8.70. The summed E-state index contributed by atoms with van der Waals surface area (Å²) >= 11 is 5.81. The second-order valence-corrected chi connectivity index (χ2v) is 4.15. The van der Waals surface area contributed by atoms with E-state index in [0.717, 1.165) is 11.1 Å². The second-order valence-electron chi connectivity index (χ2n) is 3.71. The lowest BCUT2D eigenvalue weighted by atomic mass is 10.2. The van der Waals surface area contributed by atoms with Gasteiger partial charge in [0.25, 0.3) is 0 Å². The number of ether oxygens (including phenoxy) is 1. The molecule has 0 bridgehead atoms. The molecule has 0 saturated heterocycles. The van der Waals surface area contributed by atoms with Crippen LogP contribution in [0.25, 0.3) is 0 Å². The highest BCUT2D eigenvalue weighted by Crippen LogP contribution is 2.20. The molecule has 0 fully saturated rings. The molecule has 5 nitrogen and oxygen atoms in total. The number of hydrogen-bond acceptors (Lipinski definition) is 5. The molecule has 0 amide bonds. The molecule has 0 radical (unpaired) electrons. The average Bonchev–Trinajstić information content (AvgIpc) is 2.39. The van der Waals surface area contributed by atoms with Crippen molar-refractivity contribution in [1.29, 1.82) is 0 Å². The highest BCUT2D eigenvalue weighted by Gasteiger charge is 2.07. The number of halogens is 1. The number of rotatable bonds is 4. The normalized spacial score (nSPS) is 10.2. The summed E-state index contributed by atoms with van der Waals surface area (Å²) in [7, 11) is 0. The Morgan fingerprint density at radius 3 is 2.67 bits per heavy atom. The van der Waals surface area contributed by atoms with Gasteiger partial charge in [0.05, 0.1) is 5.56 Å². The maximum atomic E-state index is 5.81. The van der Waals surface area contributed by atoms with Crippen LogP contribution < -0.4 is 16.0 Å². The molecule has 2 aromatic rings. The first-order valence-electron chi connectivity index (χ1n) is 5.36. The summed E-state index contributed by atoms with van der Waals surface area (Å²) < 4.78 is 5.62. The highest BCUT2D eigenvalue weighted by atomic mass is 35.5. The van der Waals surface area contributed by atoms with Crippen molar-refractivity contribution in [3.8, 4) is 5.88 Å². The lowest BCUT2D eigenvalue weighted by Crippen LogP contribution is -2.11. The number of nitrogens with one attached hydrogen (secondary N) is 1. The molecule has 0 spiro atoms. The maximum Gasteiger partial charge on any atom is 0.221 e. The van der Waals surface area contributed by atoms with Gasteiger partial charge in [0, 0.05) is 5.02 Å². The van der Waals surface area contributed by atoms with Gasteiger partial charge in [-0.2, -0.15) is 0 Å². The molecule has 2 rings (SSSR count). The van der Waals surface area contributed by atoms with Crippen molar-refractivity contribution in [1.82, 2.24) is 9.97 Å². The molecule has 0 unspecified atom stereocenters. The minimum absolute atomic E-state index is 0.416. The fraction of sp³-hybridized carbons (Fsp3) is 0.167. The quantitative estimate of drug-likeness (QED) is 0.655. The van der Waals surface area contributed by atoms with Crippen LogP contribution in [-0.2, 0) is 6.61 Å². The molecule has 0 aliphatic heterocycles. The molecular formula is C12H13ClN4O. The number of nitrogens with two attached hydrogens (primary N) is 1. The fourth-order valence-corrected chi connectivity index (χ4v) is 1.58. The molecule has 3 N–H and O–H groups in total. The standard InChI is InChI=1S/C12H13ClN4O/c1-8-11(17-14)15-7-16-12(8)18-6-9-2-4-10(13)5-3-9/h2-5,7H,6,14H2,1H3,(H,15,16,17). The predicted molar refractivity (Wildman–Crippen MR) is 70.4 cm³/mol. The summed E-state index contributed by atoms with van der Waals surface area (Å²) in [6.45, 7) is 2.26. The number of benzene rings is 1. The Bertz CT molecular complexity index is 530. The number of hydrazine groups is 1. The van der Waals surface area contributed by atoms with Crippen LogP contribution in [0.3, 0.4) is 0 Å². The van der Waals surface area contributed by atoms with Crippen LogP contribution in [-0.4, -0.2) is 9.97 Å². The molecule has 6 heteroatoms. The molecule has 0 aliphatic carbocycles. The van der Waals surface area contributed by atoms with Crippen molar-refractivity contribution in [2.45, 2.75) is 13.5 Å². The molecule has 94 valence electrons. The van der Waals surface area contributed by atoms with Crippen molar-refractivity contribution in [2.24, 2.45) is 5.84 Å². The third kappa shape index (κ3) is 2.88. The van der Waals surface area contributed by atoms with E-state index < -0.39 is 0 Å². The zero-order valence-corrected chi connectivity index (χ0v) is 10.6. The molecule has 0 atom stereocenters. The maximum absolute atomic E-state index is 5.81. The summed E-state index contributed by atoms with van der Waals surface area (Å²) in [5.74, 6) is 6.39. The predicted octanol–water partition coefficient (Wildman–Crippen LogP) is 2.30. The van der Waals surface area contributed by atoms with Gasteiger partial charge in [-0.1, -0.05) is 23.7 Å². The molecule has 0 aliphatic rings. The average molecular weight is 265 g/mol. The van der Waals surface area contributed by atoms with Crippen LogP contribution in [0.1, 0.15) is 11.1 Å². The van der Waals surface area contributed by atoms with E-state index in [0.29, 0.717) is 23.3 Å². The van der Waals surface area contributed by atoms with E-state index in [4.69, 9.17) is 22.2 Å². The summed E-state index contributed by atoms with van der Waals surface area (Å²) in [6, 6.07) is 7.45. The summed E-state index contributed by atoms with van der Waals surface area (Å²) in [6.07, 6.45) is 1.40. The number of nitrogen functional groups attached to an aromatic ring is 1. The molecule has 0 saturated carbocycles. The van der Waals surface area contributed by atoms with Gasteiger partial charge in [0.15, 0.2) is 0 Å². The monoisotopic (exact) mass is 264 g/mol. The van der Waals surface area contributed by atoms with E-state index in [1.54, 1.807) is 0 Å². The Morgan fingerprint density at radius 2 is 2.00 bits per heavy atom. The Labute approximate surface area is 110 Å². The van der Waals surface area contributed by atoms with Crippen molar-refractivity contribution in [3.05, 3.63) is 46.7 Å². The molecule has 1 heterocycles. The zero-order valence-electron chi connectivity index (χ0n) is 9.85. The minimum atomic E-state index is 0.416. The molecular weight excluding hydrogens is 252 g/mol. The summed E-state index contributed by atoms with van der Waals surface area (Å²) in [5, 5.41) is 0.701. The van der Waals surface area contributed by atoms with Crippen LogP contribution in [0.2, 0.25) is 5.02 Å². The van der Waals surface area contributed by atoms with Gasteiger partial charge in [-0.15, -0.1) is 0 Å². The Balaban J connectivity index is 2.08. The third-order valence-electron chi connectivity index (χ3n) is 2.46. The second kappa shape index (κ2) is 5.66. The van der Waals surface area contributed by atoms with E-state index >= 15 is 0 Å². The Morgan fingerprint density at radius 1 is 1.28 bits per heavy atom. The molecule has 18 heavy (non-hydrogen) atoms. The number of nitrogens with zero attached hydrogens (tertiary/aromatic N) is 2. The van der Waals surface area contributed by atoms with Crippen molar-refractivity contribution >= 4 is 17.4 Å². The van der Waals surface area contributed by atoms with Gasteiger partial charge < -0.3 is 10.2 Å². The van der Waals surface area contributed by atoms with Gasteiger partial charge in [0.2, 0.25) is 5.88 Å². The smallest absolute Gasteiger partial charge is 0.221 e. The van der Waals surface area contributed by atoms with E-state index in [1.807, 2.05) is 31.2 Å². The van der Waals surface area contributed by atoms with Gasteiger partial charge in [-0.3, -0.25) is 0 Å². The lowest BCUT2D eigenvalue weighted by Gasteiger charge is -2.10.